The molecule has 0 saturated carbocycles. The molecule has 1 saturated heterocycles. The van der Waals surface area contributed by atoms with Crippen molar-refractivity contribution in [3.63, 3.8) is 0 Å². The summed E-state index contributed by atoms with van der Waals surface area (Å²) in [5.74, 6) is -1.09. The van der Waals surface area contributed by atoms with Crippen LogP contribution in [0.3, 0.4) is 0 Å². The summed E-state index contributed by atoms with van der Waals surface area (Å²) in [7, 11) is 0. The van der Waals surface area contributed by atoms with Crippen molar-refractivity contribution in [2.24, 2.45) is 10.9 Å². The average molecular weight is 491 g/mol. The van der Waals surface area contributed by atoms with E-state index in [4.69, 9.17) is 11.6 Å². The number of unbranched alkanes of at least 4 members (excludes halogenated alkanes) is 1. The Morgan fingerprint density at radius 2 is 2.06 bits per heavy atom. The molecule has 182 valence electrons. The van der Waals surface area contributed by atoms with Crippen molar-refractivity contribution in [1.82, 2.24) is 20.6 Å². The van der Waals surface area contributed by atoms with E-state index < -0.39 is 30.0 Å². The Balaban J connectivity index is 1.87. The highest BCUT2D eigenvalue weighted by atomic mass is 35.5. The number of carbonyl (C=O) groups excluding carboxylic acids is 1. The van der Waals surface area contributed by atoms with E-state index in [0.29, 0.717) is 36.7 Å². The molecule has 0 radical (unpaired) electrons. The van der Waals surface area contributed by atoms with Gasteiger partial charge in [-0.15, -0.1) is 0 Å². The molecule has 2 aliphatic heterocycles. The third kappa shape index (κ3) is 5.93. The number of anilines is 1. The number of nitrogens with one attached hydrogen (secondary N) is 3. The maximum absolute atomic E-state index is 14.7. The molecule has 12 heteroatoms. The van der Waals surface area contributed by atoms with Gasteiger partial charge in [0.15, 0.2) is 11.6 Å². The maximum Gasteiger partial charge on any atom is 0.405 e. The van der Waals surface area contributed by atoms with E-state index in [1.54, 1.807) is 13.1 Å². The van der Waals surface area contributed by atoms with Gasteiger partial charge in [-0.1, -0.05) is 38.3 Å². The van der Waals surface area contributed by atoms with E-state index in [1.165, 1.54) is 0 Å². The van der Waals surface area contributed by atoms with Crippen molar-refractivity contribution >= 4 is 29.2 Å². The van der Waals surface area contributed by atoms with Crippen molar-refractivity contribution in [1.29, 1.82) is 0 Å². The predicted octanol–water partition coefficient (Wildman–Crippen LogP) is 4.23. The zero-order valence-corrected chi connectivity index (χ0v) is 19.2. The SMILES string of the molecule is CCCCC(CC)(Nc1nc(C2CNC3=NC=C(Cl)CC32)ncc1F)C(=O)NCC(F)(F)F. The minimum absolute atomic E-state index is 0.0908. The lowest BCUT2D eigenvalue weighted by Gasteiger charge is -2.33. The van der Waals surface area contributed by atoms with Crippen LogP contribution in [-0.4, -0.2) is 46.5 Å². The van der Waals surface area contributed by atoms with Crippen molar-refractivity contribution in [3.05, 3.63) is 29.1 Å². The molecule has 3 atom stereocenters. The smallest absolute Gasteiger partial charge is 0.373 e. The monoisotopic (exact) mass is 490 g/mol. The first-order valence-corrected chi connectivity index (χ1v) is 11.3. The van der Waals surface area contributed by atoms with Crippen LogP contribution in [0.4, 0.5) is 23.4 Å². The maximum atomic E-state index is 14.7. The molecule has 0 bridgehead atoms. The van der Waals surface area contributed by atoms with Crippen LogP contribution in [0.15, 0.2) is 22.4 Å². The van der Waals surface area contributed by atoms with Gasteiger partial charge in [0.1, 0.15) is 23.7 Å². The number of amidine groups is 1. The van der Waals surface area contributed by atoms with Crippen LogP contribution in [-0.2, 0) is 4.79 Å². The number of aromatic nitrogens is 2. The molecule has 3 N–H and O–H groups in total. The number of hydrogen-bond acceptors (Lipinski definition) is 6. The first kappa shape index (κ1) is 25.2. The number of hydrogen-bond donors (Lipinski definition) is 3. The van der Waals surface area contributed by atoms with Gasteiger partial charge in [0.05, 0.1) is 6.20 Å². The number of carbonyl (C=O) groups is 1. The third-order valence-corrected chi connectivity index (χ3v) is 6.25. The fraction of sp³-hybridized carbons (Fsp3) is 0.619. The first-order valence-electron chi connectivity index (χ1n) is 10.9. The number of aliphatic imine (C=N–C) groups is 1. The highest BCUT2D eigenvalue weighted by molar-refractivity contribution is 6.30. The fourth-order valence-corrected chi connectivity index (χ4v) is 4.31. The zero-order chi connectivity index (χ0) is 24.2. The van der Waals surface area contributed by atoms with E-state index in [1.807, 2.05) is 12.2 Å². The van der Waals surface area contributed by atoms with Crippen molar-refractivity contribution < 1.29 is 22.4 Å². The van der Waals surface area contributed by atoms with Crippen LogP contribution in [0.25, 0.3) is 0 Å². The van der Waals surface area contributed by atoms with Gasteiger partial charge in [0.25, 0.3) is 0 Å². The van der Waals surface area contributed by atoms with Gasteiger partial charge in [-0.3, -0.25) is 4.79 Å². The van der Waals surface area contributed by atoms with Gasteiger partial charge < -0.3 is 16.0 Å². The molecule has 7 nitrogen and oxygen atoms in total. The second-order valence-corrected chi connectivity index (χ2v) is 8.76. The van der Waals surface area contributed by atoms with Crippen LogP contribution in [0, 0.1) is 11.7 Å². The molecule has 3 rings (SSSR count). The van der Waals surface area contributed by atoms with E-state index in [-0.39, 0.29) is 30.5 Å². The predicted molar refractivity (Wildman–Crippen MR) is 117 cm³/mol. The topological polar surface area (TPSA) is 91.3 Å². The molecule has 2 aliphatic rings. The van der Waals surface area contributed by atoms with Crippen molar-refractivity contribution in [2.45, 2.75) is 63.6 Å². The number of rotatable bonds is 9. The van der Waals surface area contributed by atoms with Gasteiger partial charge in [0, 0.05) is 29.6 Å². The molecule has 0 spiro atoms. The summed E-state index contributed by atoms with van der Waals surface area (Å²) >= 11 is 6.13. The number of fused-ring (bicyclic) bond motifs is 1. The highest BCUT2D eigenvalue weighted by Crippen LogP contribution is 2.36. The van der Waals surface area contributed by atoms with Gasteiger partial charge in [-0.2, -0.15) is 13.2 Å². The number of alkyl halides is 3. The lowest BCUT2D eigenvalue weighted by Crippen LogP contribution is -2.54. The molecule has 1 amide bonds. The van der Waals surface area contributed by atoms with E-state index in [0.717, 1.165) is 12.0 Å². The van der Waals surface area contributed by atoms with E-state index in [9.17, 15) is 22.4 Å². The lowest BCUT2D eigenvalue weighted by molar-refractivity contribution is -0.141. The van der Waals surface area contributed by atoms with Crippen LogP contribution in [0.2, 0.25) is 0 Å². The molecule has 0 aliphatic carbocycles. The minimum atomic E-state index is -4.56. The largest absolute Gasteiger partial charge is 0.405 e. The van der Waals surface area contributed by atoms with E-state index in [2.05, 4.69) is 25.6 Å². The van der Waals surface area contributed by atoms with Crippen LogP contribution >= 0.6 is 11.6 Å². The molecule has 3 unspecified atom stereocenters. The number of amides is 1. The quantitative estimate of drug-likeness (QED) is 0.451. The molecule has 1 fully saturated rings. The molecule has 3 heterocycles. The summed E-state index contributed by atoms with van der Waals surface area (Å²) in [5, 5.41) is 8.54. The Labute approximate surface area is 194 Å². The Bertz CT molecular complexity index is 938. The molecule has 0 aromatic carbocycles. The van der Waals surface area contributed by atoms with Crippen molar-refractivity contribution in [2.75, 3.05) is 18.4 Å². The second kappa shape index (κ2) is 10.2. The summed E-state index contributed by atoms with van der Waals surface area (Å²) in [6, 6.07) is 0. The van der Waals surface area contributed by atoms with Crippen LogP contribution in [0.5, 0.6) is 0 Å². The summed E-state index contributed by atoms with van der Waals surface area (Å²) in [4.78, 5) is 25.6. The van der Waals surface area contributed by atoms with Crippen LogP contribution < -0.4 is 16.0 Å². The summed E-state index contributed by atoms with van der Waals surface area (Å²) in [5.41, 5.74) is -1.45. The lowest BCUT2D eigenvalue weighted by atomic mass is 9.88. The Hall–Kier alpha value is -2.43. The molecule has 1 aromatic heterocycles. The minimum Gasteiger partial charge on any atom is -0.373 e. The van der Waals surface area contributed by atoms with Gasteiger partial charge >= 0.3 is 6.18 Å². The fourth-order valence-electron chi connectivity index (χ4n) is 4.09. The van der Waals surface area contributed by atoms with Gasteiger partial charge in [-0.25, -0.2) is 19.4 Å². The van der Waals surface area contributed by atoms with Crippen molar-refractivity contribution in [3.8, 4) is 0 Å². The highest BCUT2D eigenvalue weighted by Gasteiger charge is 2.41. The molecule has 33 heavy (non-hydrogen) atoms. The molecular weight excluding hydrogens is 464 g/mol. The average Bonchev–Trinajstić information content (AvgIpc) is 3.18. The normalized spacial score (nSPS) is 21.9. The number of halogens is 5. The summed E-state index contributed by atoms with van der Waals surface area (Å²) < 4.78 is 52.8. The first-order chi connectivity index (χ1) is 15.6. The number of allylic oxidation sites excluding steroid dienone is 1. The standard InChI is InChI=1S/C21H27ClF4N6O/c1-3-5-6-20(4-2,19(33)30-11-21(24,25)26)32-18-15(23)10-29-17(31-18)14-9-28-16-13(14)7-12(22)8-27-16/h8,10,13-14H,3-7,9,11H2,1-2H3,(H,27,28)(H,30,33)(H,29,31,32). The second-order valence-electron chi connectivity index (χ2n) is 8.28. The van der Waals surface area contributed by atoms with E-state index >= 15 is 0 Å². The van der Waals surface area contributed by atoms with Gasteiger partial charge in [-0.05, 0) is 19.3 Å². The van der Waals surface area contributed by atoms with Gasteiger partial charge in [0.2, 0.25) is 5.91 Å². The van der Waals surface area contributed by atoms with Crippen LogP contribution in [0.1, 0.15) is 57.7 Å². The number of nitrogens with zero attached hydrogens (tertiary/aromatic N) is 3. The molecular formula is C21H27ClF4N6O. The zero-order valence-electron chi connectivity index (χ0n) is 18.4. The Morgan fingerprint density at radius 1 is 1.30 bits per heavy atom. The summed E-state index contributed by atoms with van der Waals surface area (Å²) in [6.07, 6.45) is 0.179. The Kier molecular flexibility index (Phi) is 7.81. The third-order valence-electron chi connectivity index (χ3n) is 6.00. The molecule has 1 aromatic rings. The summed E-state index contributed by atoms with van der Waals surface area (Å²) in [6.45, 7) is 2.57. The Morgan fingerprint density at radius 3 is 2.73 bits per heavy atom.